The Balaban J connectivity index is 1.90. The number of nitrogens with one attached hydrogen (secondary N) is 1. The molecule has 1 amide bonds. The predicted molar refractivity (Wildman–Crippen MR) is 84.0 cm³/mol. The summed E-state index contributed by atoms with van der Waals surface area (Å²) < 4.78 is 0. The minimum atomic E-state index is -0.175. The topological polar surface area (TPSA) is 29.1 Å². The summed E-state index contributed by atoms with van der Waals surface area (Å²) in [5, 5.41) is 4.32. The maximum Gasteiger partial charge on any atom is 0.251 e. The zero-order valence-corrected chi connectivity index (χ0v) is 12.8. The van der Waals surface area contributed by atoms with Gasteiger partial charge in [0.15, 0.2) is 0 Å². The van der Waals surface area contributed by atoms with Crippen molar-refractivity contribution in [3.8, 4) is 0 Å². The van der Waals surface area contributed by atoms with Crippen LogP contribution in [0.3, 0.4) is 0 Å². The summed E-state index contributed by atoms with van der Waals surface area (Å²) in [5.74, 6) is -0.175. The molecule has 2 rings (SSSR count). The Hall–Kier alpha value is -1.22. The number of hydrogen-bond donors (Lipinski definition) is 1. The van der Waals surface area contributed by atoms with Crippen molar-refractivity contribution in [3.05, 3.63) is 68.7 Å². The fraction of sp³-hybridized carbons (Fsp3) is 0.133. The SMILES string of the molecule is O=C(NCCc1cccc(Cl)c1)c1ccc(Cl)c(Cl)c1. The molecule has 0 aliphatic heterocycles. The van der Waals surface area contributed by atoms with E-state index in [1.807, 2.05) is 24.3 Å². The van der Waals surface area contributed by atoms with Crippen molar-refractivity contribution in [2.75, 3.05) is 6.54 Å². The van der Waals surface area contributed by atoms with Gasteiger partial charge in [-0.1, -0.05) is 46.9 Å². The molecule has 0 aliphatic carbocycles. The summed E-state index contributed by atoms with van der Waals surface area (Å²) in [6, 6.07) is 12.4. The van der Waals surface area contributed by atoms with Crippen molar-refractivity contribution in [2.24, 2.45) is 0 Å². The lowest BCUT2D eigenvalue weighted by Crippen LogP contribution is -2.25. The Kier molecular flexibility index (Phi) is 5.30. The first-order valence-electron chi connectivity index (χ1n) is 6.04. The van der Waals surface area contributed by atoms with Crippen molar-refractivity contribution in [3.63, 3.8) is 0 Å². The molecule has 1 N–H and O–H groups in total. The number of hydrogen-bond acceptors (Lipinski definition) is 1. The van der Waals surface area contributed by atoms with Gasteiger partial charge in [-0.15, -0.1) is 0 Å². The molecule has 0 saturated heterocycles. The van der Waals surface area contributed by atoms with E-state index >= 15 is 0 Å². The van der Waals surface area contributed by atoms with Crippen LogP contribution in [0, 0.1) is 0 Å². The van der Waals surface area contributed by atoms with Crippen LogP contribution in [0.4, 0.5) is 0 Å². The molecule has 0 fully saturated rings. The second kappa shape index (κ2) is 6.98. The van der Waals surface area contributed by atoms with Crippen molar-refractivity contribution < 1.29 is 4.79 Å². The zero-order chi connectivity index (χ0) is 14.5. The number of carbonyl (C=O) groups excluding carboxylic acids is 1. The number of amides is 1. The number of rotatable bonds is 4. The molecule has 0 bridgehead atoms. The molecule has 2 aromatic carbocycles. The van der Waals surface area contributed by atoms with Gasteiger partial charge in [0, 0.05) is 17.1 Å². The highest BCUT2D eigenvalue weighted by Gasteiger charge is 2.07. The first-order valence-corrected chi connectivity index (χ1v) is 7.17. The lowest BCUT2D eigenvalue weighted by atomic mass is 10.1. The highest BCUT2D eigenvalue weighted by atomic mass is 35.5. The molecule has 0 unspecified atom stereocenters. The summed E-state index contributed by atoms with van der Waals surface area (Å²) in [7, 11) is 0. The lowest BCUT2D eigenvalue weighted by Gasteiger charge is -2.06. The van der Waals surface area contributed by atoms with E-state index < -0.39 is 0 Å². The molecular formula is C15H12Cl3NO. The van der Waals surface area contributed by atoms with Gasteiger partial charge in [0.25, 0.3) is 5.91 Å². The van der Waals surface area contributed by atoms with E-state index in [9.17, 15) is 4.79 Å². The van der Waals surface area contributed by atoms with Crippen LogP contribution >= 0.6 is 34.8 Å². The third-order valence-electron chi connectivity index (χ3n) is 2.77. The minimum Gasteiger partial charge on any atom is -0.352 e. The number of benzene rings is 2. The molecule has 20 heavy (non-hydrogen) atoms. The van der Waals surface area contributed by atoms with Gasteiger partial charge in [-0.2, -0.15) is 0 Å². The molecule has 0 atom stereocenters. The summed E-state index contributed by atoms with van der Waals surface area (Å²) in [4.78, 5) is 11.9. The van der Waals surface area contributed by atoms with Crippen LogP contribution in [0.2, 0.25) is 15.1 Å². The molecule has 5 heteroatoms. The quantitative estimate of drug-likeness (QED) is 0.872. The highest BCUT2D eigenvalue weighted by Crippen LogP contribution is 2.22. The first-order chi connectivity index (χ1) is 9.56. The van der Waals surface area contributed by atoms with Gasteiger partial charge >= 0.3 is 0 Å². The first kappa shape index (κ1) is 15.2. The van der Waals surface area contributed by atoms with Gasteiger partial charge in [0.2, 0.25) is 0 Å². The Labute approximate surface area is 132 Å². The average Bonchev–Trinajstić information content (AvgIpc) is 2.42. The fourth-order valence-electron chi connectivity index (χ4n) is 1.75. The molecular weight excluding hydrogens is 317 g/mol. The molecule has 0 spiro atoms. The predicted octanol–water partition coefficient (Wildman–Crippen LogP) is 4.62. The second-order valence-corrected chi connectivity index (χ2v) is 5.52. The van der Waals surface area contributed by atoms with Crippen molar-refractivity contribution in [1.29, 1.82) is 0 Å². The monoisotopic (exact) mass is 327 g/mol. The lowest BCUT2D eigenvalue weighted by molar-refractivity contribution is 0.0954. The zero-order valence-electron chi connectivity index (χ0n) is 10.5. The van der Waals surface area contributed by atoms with E-state index in [0.717, 1.165) is 5.56 Å². The molecule has 104 valence electrons. The highest BCUT2D eigenvalue weighted by molar-refractivity contribution is 6.42. The van der Waals surface area contributed by atoms with Crippen LogP contribution in [0.1, 0.15) is 15.9 Å². The Morgan fingerprint density at radius 3 is 2.50 bits per heavy atom. The van der Waals surface area contributed by atoms with Gasteiger partial charge in [0.1, 0.15) is 0 Å². The molecule has 2 nitrogen and oxygen atoms in total. The van der Waals surface area contributed by atoms with E-state index in [-0.39, 0.29) is 5.91 Å². The molecule has 0 heterocycles. The summed E-state index contributed by atoms with van der Waals surface area (Å²) in [6.07, 6.45) is 0.716. The summed E-state index contributed by atoms with van der Waals surface area (Å²) >= 11 is 17.6. The summed E-state index contributed by atoms with van der Waals surface area (Å²) in [5.41, 5.74) is 1.57. The average molecular weight is 329 g/mol. The molecule has 0 aliphatic rings. The van der Waals surface area contributed by atoms with Gasteiger partial charge in [-0.25, -0.2) is 0 Å². The molecule has 0 aromatic heterocycles. The van der Waals surface area contributed by atoms with Gasteiger partial charge in [-0.05, 0) is 42.3 Å². The largest absolute Gasteiger partial charge is 0.352 e. The third kappa shape index (κ3) is 4.14. The normalized spacial score (nSPS) is 10.3. The summed E-state index contributed by atoms with van der Waals surface area (Å²) in [6.45, 7) is 0.527. The van der Waals surface area contributed by atoms with Crippen LogP contribution < -0.4 is 5.32 Å². The van der Waals surface area contributed by atoms with Gasteiger partial charge < -0.3 is 5.32 Å². The van der Waals surface area contributed by atoms with E-state index in [1.54, 1.807) is 18.2 Å². The van der Waals surface area contributed by atoms with Crippen LogP contribution in [0.25, 0.3) is 0 Å². The van der Waals surface area contributed by atoms with E-state index in [1.165, 1.54) is 0 Å². The van der Waals surface area contributed by atoms with E-state index in [0.29, 0.717) is 33.6 Å². The second-order valence-electron chi connectivity index (χ2n) is 4.26. The molecule has 2 aromatic rings. The van der Waals surface area contributed by atoms with Crippen LogP contribution in [-0.2, 0) is 6.42 Å². The maximum absolute atomic E-state index is 11.9. The Morgan fingerprint density at radius 2 is 1.80 bits per heavy atom. The molecule has 0 saturated carbocycles. The standard InChI is InChI=1S/C15H12Cl3NO/c16-12-3-1-2-10(8-12)6-7-19-15(20)11-4-5-13(17)14(18)9-11/h1-5,8-9H,6-7H2,(H,19,20). The molecule has 0 radical (unpaired) electrons. The van der Waals surface area contributed by atoms with Crippen LogP contribution in [0.15, 0.2) is 42.5 Å². The number of carbonyl (C=O) groups is 1. The fourth-order valence-corrected chi connectivity index (χ4v) is 2.26. The van der Waals surface area contributed by atoms with Crippen molar-refractivity contribution >= 4 is 40.7 Å². The van der Waals surface area contributed by atoms with Crippen LogP contribution in [-0.4, -0.2) is 12.5 Å². The minimum absolute atomic E-state index is 0.175. The van der Waals surface area contributed by atoms with Crippen LogP contribution in [0.5, 0.6) is 0 Å². The maximum atomic E-state index is 11.9. The van der Waals surface area contributed by atoms with Crippen molar-refractivity contribution in [1.82, 2.24) is 5.32 Å². The third-order valence-corrected chi connectivity index (χ3v) is 3.74. The van der Waals surface area contributed by atoms with Gasteiger partial charge in [-0.3, -0.25) is 4.79 Å². The Morgan fingerprint density at radius 1 is 1.00 bits per heavy atom. The Bertz CT molecular complexity index is 628. The van der Waals surface area contributed by atoms with Gasteiger partial charge in [0.05, 0.1) is 10.0 Å². The van der Waals surface area contributed by atoms with E-state index in [4.69, 9.17) is 34.8 Å². The van der Waals surface area contributed by atoms with Crippen molar-refractivity contribution in [2.45, 2.75) is 6.42 Å². The van der Waals surface area contributed by atoms with E-state index in [2.05, 4.69) is 5.32 Å². The smallest absolute Gasteiger partial charge is 0.251 e. The number of halogens is 3.